The molecule has 1 unspecified atom stereocenters. The number of nitrogens with zero attached hydrogens (tertiary/aromatic N) is 2. The molecule has 0 radical (unpaired) electrons. The van der Waals surface area contributed by atoms with Crippen LogP contribution in [0.25, 0.3) is 0 Å². The molecule has 0 bridgehead atoms. The van der Waals surface area contributed by atoms with Gasteiger partial charge in [-0.2, -0.15) is 5.26 Å². The highest BCUT2D eigenvalue weighted by molar-refractivity contribution is 7.91. The van der Waals surface area contributed by atoms with Crippen molar-refractivity contribution in [3.05, 3.63) is 88.8 Å². The molecule has 30 heavy (non-hydrogen) atoms. The molecule has 0 amide bonds. The van der Waals surface area contributed by atoms with Crippen molar-refractivity contribution in [1.29, 1.82) is 5.26 Å². The standard InChI is InChI=1S/C23H22N2O4S/c1-3-25-16(2)19(14-24)21(17-10-6-4-7-11-17)22(23(26)27)20(25)15-30(28,29)18-12-8-5-9-13-18/h4-13,21H,3,15H2,1-2H3,(H,26,27). The lowest BCUT2D eigenvalue weighted by atomic mass is 9.80. The van der Waals surface area contributed by atoms with E-state index in [2.05, 4.69) is 6.07 Å². The maximum Gasteiger partial charge on any atom is 0.334 e. The second-order valence-corrected chi connectivity index (χ2v) is 8.93. The summed E-state index contributed by atoms with van der Waals surface area (Å²) in [6.07, 6.45) is 0. The molecule has 0 fully saturated rings. The molecule has 1 aliphatic heterocycles. The summed E-state index contributed by atoms with van der Waals surface area (Å²) in [7, 11) is -3.79. The zero-order valence-corrected chi connectivity index (χ0v) is 17.6. The van der Waals surface area contributed by atoms with Gasteiger partial charge in [0.2, 0.25) is 0 Å². The van der Waals surface area contributed by atoms with Crippen LogP contribution in [0.3, 0.4) is 0 Å². The van der Waals surface area contributed by atoms with Crippen molar-refractivity contribution in [3.63, 3.8) is 0 Å². The molecule has 1 aliphatic rings. The van der Waals surface area contributed by atoms with Gasteiger partial charge in [-0.05, 0) is 31.5 Å². The second-order valence-electron chi connectivity index (χ2n) is 6.94. The molecule has 1 heterocycles. The lowest BCUT2D eigenvalue weighted by molar-refractivity contribution is -0.133. The minimum atomic E-state index is -3.79. The Morgan fingerprint density at radius 3 is 2.17 bits per heavy atom. The number of benzene rings is 2. The predicted octanol–water partition coefficient (Wildman–Crippen LogP) is 3.72. The van der Waals surface area contributed by atoms with E-state index in [1.807, 2.05) is 0 Å². The van der Waals surface area contributed by atoms with E-state index in [1.54, 1.807) is 67.3 Å². The average molecular weight is 423 g/mol. The Balaban J connectivity index is 2.25. The van der Waals surface area contributed by atoms with Crippen molar-refractivity contribution < 1.29 is 18.3 Å². The quantitative estimate of drug-likeness (QED) is 0.762. The van der Waals surface area contributed by atoms with Gasteiger partial charge >= 0.3 is 5.97 Å². The van der Waals surface area contributed by atoms with Crippen LogP contribution in [-0.4, -0.2) is 36.7 Å². The van der Waals surface area contributed by atoms with Crippen LogP contribution in [0.2, 0.25) is 0 Å². The molecular weight excluding hydrogens is 400 g/mol. The first-order chi connectivity index (χ1) is 14.3. The normalized spacial score (nSPS) is 17.1. The average Bonchev–Trinajstić information content (AvgIpc) is 2.74. The van der Waals surface area contributed by atoms with E-state index in [0.29, 0.717) is 23.4 Å². The minimum Gasteiger partial charge on any atom is -0.478 e. The van der Waals surface area contributed by atoms with E-state index in [1.165, 1.54) is 12.1 Å². The number of aliphatic carboxylic acids is 1. The third-order valence-electron chi connectivity index (χ3n) is 5.24. The molecule has 6 nitrogen and oxygen atoms in total. The van der Waals surface area contributed by atoms with E-state index < -0.39 is 27.5 Å². The number of hydrogen-bond donors (Lipinski definition) is 1. The first-order valence-electron chi connectivity index (χ1n) is 9.49. The Hall–Kier alpha value is -3.37. The molecule has 2 aromatic rings. The van der Waals surface area contributed by atoms with E-state index in [4.69, 9.17) is 0 Å². The monoisotopic (exact) mass is 422 g/mol. The number of carboxylic acids is 1. The van der Waals surface area contributed by atoms with E-state index in [-0.39, 0.29) is 16.2 Å². The summed E-state index contributed by atoms with van der Waals surface area (Å²) >= 11 is 0. The molecule has 0 spiro atoms. The smallest absolute Gasteiger partial charge is 0.334 e. The van der Waals surface area contributed by atoms with Crippen LogP contribution in [0.1, 0.15) is 25.3 Å². The van der Waals surface area contributed by atoms with Gasteiger partial charge in [-0.15, -0.1) is 0 Å². The maximum atomic E-state index is 13.1. The molecule has 154 valence electrons. The summed E-state index contributed by atoms with van der Waals surface area (Å²) in [4.78, 5) is 14.1. The Labute approximate surface area is 176 Å². The third kappa shape index (κ3) is 3.87. The minimum absolute atomic E-state index is 0.0790. The van der Waals surface area contributed by atoms with Gasteiger partial charge in [0.15, 0.2) is 9.84 Å². The fourth-order valence-corrected chi connectivity index (χ4v) is 5.27. The fourth-order valence-electron chi connectivity index (χ4n) is 3.86. The SMILES string of the molecule is CCN1C(C)=C(C#N)C(c2ccccc2)C(C(=O)O)=C1CS(=O)(=O)c1ccccc1. The number of sulfone groups is 1. The molecule has 7 heteroatoms. The maximum absolute atomic E-state index is 13.1. The van der Waals surface area contributed by atoms with Crippen molar-refractivity contribution in [2.75, 3.05) is 12.3 Å². The van der Waals surface area contributed by atoms with Gasteiger partial charge in [0, 0.05) is 17.9 Å². The summed E-state index contributed by atoms with van der Waals surface area (Å²) in [5, 5.41) is 19.9. The van der Waals surface area contributed by atoms with Crippen LogP contribution in [0.5, 0.6) is 0 Å². The number of hydrogen-bond acceptors (Lipinski definition) is 5. The first-order valence-corrected chi connectivity index (χ1v) is 11.1. The van der Waals surface area contributed by atoms with E-state index in [9.17, 15) is 23.6 Å². The van der Waals surface area contributed by atoms with Crippen LogP contribution in [0.4, 0.5) is 0 Å². The van der Waals surface area contributed by atoms with Crippen LogP contribution in [0.15, 0.2) is 88.1 Å². The van der Waals surface area contributed by atoms with Crippen LogP contribution in [-0.2, 0) is 14.6 Å². The van der Waals surface area contributed by atoms with Crippen LogP contribution >= 0.6 is 0 Å². The van der Waals surface area contributed by atoms with Crippen molar-refractivity contribution in [2.45, 2.75) is 24.7 Å². The zero-order valence-electron chi connectivity index (χ0n) is 16.7. The largest absolute Gasteiger partial charge is 0.478 e. The van der Waals surface area contributed by atoms with Crippen LogP contribution < -0.4 is 0 Å². The summed E-state index contributed by atoms with van der Waals surface area (Å²) in [5.41, 5.74) is 1.62. The highest BCUT2D eigenvalue weighted by atomic mass is 32.2. The van der Waals surface area contributed by atoms with Gasteiger partial charge in [-0.3, -0.25) is 0 Å². The second kappa shape index (κ2) is 8.56. The summed E-state index contributed by atoms with van der Waals surface area (Å²) < 4.78 is 26.2. The van der Waals surface area contributed by atoms with Gasteiger partial charge < -0.3 is 10.0 Å². The summed E-state index contributed by atoms with van der Waals surface area (Å²) in [6, 6.07) is 19.0. The van der Waals surface area contributed by atoms with Crippen molar-refractivity contribution in [3.8, 4) is 6.07 Å². The molecule has 0 aromatic heterocycles. The van der Waals surface area contributed by atoms with Gasteiger partial charge in [0.25, 0.3) is 0 Å². The Morgan fingerprint density at radius 2 is 1.67 bits per heavy atom. The summed E-state index contributed by atoms with van der Waals surface area (Å²) in [5.74, 6) is -2.54. The molecule has 3 rings (SSSR count). The molecule has 0 aliphatic carbocycles. The van der Waals surface area contributed by atoms with Gasteiger partial charge in [0.05, 0.1) is 33.8 Å². The highest BCUT2D eigenvalue weighted by Gasteiger charge is 2.39. The molecular formula is C23H22N2O4S. The zero-order chi connectivity index (χ0) is 21.9. The number of nitriles is 1. The first kappa shape index (κ1) is 21.3. The number of carboxylic acid groups (broad SMARTS) is 1. The molecule has 0 saturated carbocycles. The van der Waals surface area contributed by atoms with Gasteiger partial charge in [-0.25, -0.2) is 13.2 Å². The third-order valence-corrected chi connectivity index (χ3v) is 6.88. The Bertz CT molecular complexity index is 1160. The van der Waals surface area contributed by atoms with Crippen molar-refractivity contribution >= 4 is 15.8 Å². The molecule has 1 atom stereocenters. The van der Waals surface area contributed by atoms with Gasteiger partial charge in [0.1, 0.15) is 0 Å². The van der Waals surface area contributed by atoms with Crippen molar-refractivity contribution in [2.24, 2.45) is 0 Å². The topological polar surface area (TPSA) is 98.5 Å². The summed E-state index contributed by atoms with van der Waals surface area (Å²) in [6.45, 7) is 3.87. The van der Waals surface area contributed by atoms with Crippen molar-refractivity contribution in [1.82, 2.24) is 4.90 Å². The van der Waals surface area contributed by atoms with Gasteiger partial charge in [-0.1, -0.05) is 48.5 Å². The number of rotatable bonds is 6. The lowest BCUT2D eigenvalue weighted by Gasteiger charge is -2.37. The molecule has 2 aromatic carbocycles. The van der Waals surface area contributed by atoms with E-state index in [0.717, 1.165) is 0 Å². The Morgan fingerprint density at radius 1 is 1.10 bits per heavy atom. The fraction of sp³-hybridized carbons (Fsp3) is 0.217. The lowest BCUT2D eigenvalue weighted by Crippen LogP contribution is -2.35. The molecule has 1 N–H and O–H groups in total. The number of carbonyl (C=O) groups is 1. The Kier molecular flexibility index (Phi) is 6.09. The number of allylic oxidation sites excluding steroid dienone is 2. The molecule has 0 saturated heterocycles. The highest BCUT2D eigenvalue weighted by Crippen LogP contribution is 2.42. The predicted molar refractivity (Wildman–Crippen MR) is 113 cm³/mol. The van der Waals surface area contributed by atoms with E-state index >= 15 is 0 Å². The van der Waals surface area contributed by atoms with Crippen LogP contribution in [0, 0.1) is 11.3 Å².